The normalized spacial score (nSPS) is 12.9. The molecule has 10 rings (SSSR count). The highest BCUT2D eigenvalue weighted by molar-refractivity contribution is 7.00. The minimum absolute atomic E-state index is 0.0494. The number of aromatic nitrogens is 1. The molecular formula is C43H27BN4. The first-order valence-corrected chi connectivity index (χ1v) is 16.3. The summed E-state index contributed by atoms with van der Waals surface area (Å²) in [5.41, 5.74) is 14.5. The van der Waals surface area contributed by atoms with E-state index in [1.54, 1.807) is 0 Å². The van der Waals surface area contributed by atoms with Crippen molar-refractivity contribution in [2.75, 3.05) is 9.80 Å². The molecule has 8 aromatic rings. The Hall–Kier alpha value is -6.51. The van der Waals surface area contributed by atoms with Crippen LogP contribution in [-0.2, 0) is 0 Å². The van der Waals surface area contributed by atoms with Gasteiger partial charge in [-0.05, 0) is 82.4 Å². The number of anilines is 6. The lowest BCUT2D eigenvalue weighted by Crippen LogP contribution is -2.61. The maximum Gasteiger partial charge on any atom is 0.252 e. The van der Waals surface area contributed by atoms with Crippen molar-refractivity contribution in [3.63, 3.8) is 0 Å². The summed E-state index contributed by atoms with van der Waals surface area (Å²) in [7, 11) is 0. The van der Waals surface area contributed by atoms with Crippen molar-refractivity contribution in [1.29, 1.82) is 0 Å². The van der Waals surface area contributed by atoms with E-state index in [0.29, 0.717) is 5.69 Å². The van der Waals surface area contributed by atoms with Gasteiger partial charge in [0.25, 0.3) is 6.71 Å². The molecule has 0 unspecified atom stereocenters. The Bertz CT molecular complexity index is 2600. The van der Waals surface area contributed by atoms with Gasteiger partial charge in [0.05, 0.1) is 17.6 Å². The molecule has 0 atom stereocenters. The van der Waals surface area contributed by atoms with Crippen LogP contribution in [0.1, 0.15) is 0 Å². The van der Waals surface area contributed by atoms with E-state index < -0.39 is 0 Å². The summed E-state index contributed by atoms with van der Waals surface area (Å²) in [5, 5.41) is 2.24. The number of rotatable bonds is 3. The van der Waals surface area contributed by atoms with Gasteiger partial charge in [-0.15, -0.1) is 0 Å². The van der Waals surface area contributed by atoms with Crippen LogP contribution in [0.2, 0.25) is 0 Å². The molecule has 0 amide bonds. The highest BCUT2D eigenvalue weighted by atomic mass is 15.2. The van der Waals surface area contributed by atoms with Gasteiger partial charge in [-0.25, -0.2) is 4.85 Å². The Morgan fingerprint density at radius 2 is 1.04 bits per heavy atom. The number of hydrogen-bond donors (Lipinski definition) is 0. The Morgan fingerprint density at radius 1 is 0.458 bits per heavy atom. The number of hydrogen-bond acceptors (Lipinski definition) is 2. The van der Waals surface area contributed by atoms with E-state index in [1.165, 1.54) is 33.5 Å². The molecule has 1 aromatic heterocycles. The zero-order chi connectivity index (χ0) is 31.8. The molecule has 0 fully saturated rings. The van der Waals surface area contributed by atoms with Gasteiger partial charge in [0, 0.05) is 45.2 Å². The monoisotopic (exact) mass is 610 g/mol. The molecule has 0 saturated carbocycles. The number of para-hydroxylation sites is 5. The zero-order valence-corrected chi connectivity index (χ0v) is 26.0. The van der Waals surface area contributed by atoms with Crippen molar-refractivity contribution in [2.45, 2.75) is 0 Å². The fourth-order valence-electron chi connectivity index (χ4n) is 8.08. The Labute approximate surface area is 279 Å². The van der Waals surface area contributed by atoms with Gasteiger partial charge in [0.15, 0.2) is 0 Å². The predicted octanol–water partition coefficient (Wildman–Crippen LogP) is 9.42. The summed E-state index contributed by atoms with van der Waals surface area (Å²) < 4.78 is 2.28. The number of benzene rings is 7. The molecule has 2 aliphatic heterocycles. The molecule has 2 aliphatic rings. The average molecular weight is 611 g/mol. The molecular weight excluding hydrogens is 583 g/mol. The van der Waals surface area contributed by atoms with E-state index in [2.05, 4.69) is 171 Å². The second-order valence-corrected chi connectivity index (χ2v) is 12.4. The summed E-state index contributed by atoms with van der Waals surface area (Å²) in [6.45, 7) is 8.11. The second kappa shape index (κ2) is 10.3. The zero-order valence-electron chi connectivity index (χ0n) is 26.0. The van der Waals surface area contributed by atoms with Crippen molar-refractivity contribution in [3.8, 4) is 5.69 Å². The molecule has 0 radical (unpaired) electrons. The summed E-state index contributed by atoms with van der Waals surface area (Å²) in [6, 6.07) is 58.4. The molecule has 222 valence electrons. The van der Waals surface area contributed by atoms with E-state index in [4.69, 9.17) is 6.57 Å². The van der Waals surface area contributed by atoms with Crippen LogP contribution in [0.3, 0.4) is 0 Å². The Kier molecular flexibility index (Phi) is 5.70. The molecule has 4 nitrogen and oxygen atoms in total. The molecule has 7 aromatic carbocycles. The van der Waals surface area contributed by atoms with Crippen LogP contribution in [0.5, 0.6) is 0 Å². The fourth-order valence-corrected chi connectivity index (χ4v) is 8.08. The average Bonchev–Trinajstić information content (AvgIpc) is 3.50. The maximum absolute atomic E-state index is 8.06. The van der Waals surface area contributed by atoms with E-state index in [-0.39, 0.29) is 6.71 Å². The van der Waals surface area contributed by atoms with Gasteiger partial charge in [-0.2, -0.15) is 0 Å². The molecule has 0 aliphatic carbocycles. The molecule has 0 bridgehead atoms. The lowest BCUT2D eigenvalue weighted by molar-refractivity contribution is 1.17. The Balaban J connectivity index is 1.29. The van der Waals surface area contributed by atoms with Crippen LogP contribution in [0.25, 0.3) is 32.3 Å². The van der Waals surface area contributed by atoms with Crippen molar-refractivity contribution in [3.05, 3.63) is 175 Å². The first-order chi connectivity index (χ1) is 23.8. The van der Waals surface area contributed by atoms with Crippen LogP contribution in [0, 0.1) is 6.57 Å². The van der Waals surface area contributed by atoms with Crippen molar-refractivity contribution < 1.29 is 0 Å². The van der Waals surface area contributed by atoms with E-state index in [1.807, 2.05) is 12.1 Å². The second-order valence-electron chi connectivity index (χ2n) is 12.4. The van der Waals surface area contributed by atoms with Crippen molar-refractivity contribution in [1.82, 2.24) is 4.57 Å². The van der Waals surface area contributed by atoms with Gasteiger partial charge in [0.2, 0.25) is 5.69 Å². The summed E-state index contributed by atoms with van der Waals surface area (Å²) in [5.74, 6) is 0. The molecule has 0 spiro atoms. The molecule has 0 N–H and O–H groups in total. The van der Waals surface area contributed by atoms with Gasteiger partial charge in [0.1, 0.15) is 0 Å². The third-order valence-electron chi connectivity index (χ3n) is 9.97. The van der Waals surface area contributed by atoms with Crippen LogP contribution in [0.4, 0.5) is 39.8 Å². The van der Waals surface area contributed by atoms with Crippen LogP contribution in [0.15, 0.2) is 164 Å². The van der Waals surface area contributed by atoms with Gasteiger partial charge in [-0.1, -0.05) is 103 Å². The smallest absolute Gasteiger partial charge is 0.252 e. The minimum atomic E-state index is 0.0494. The standard InChI is InChI=1S/C43H27BN4/c1-45-36-21-12-19-33-32-18-8-10-22-37(32)48(43(33)36)31-26-27-35-41(28-31)47(30-16-6-3-7-17-30)40-25-13-24-39-42(40)44(35)34-20-9-11-23-38(34)46(39)29-14-4-2-5-15-29/h2-28H. The topological polar surface area (TPSA) is 15.8 Å². The third kappa shape index (κ3) is 3.66. The summed E-state index contributed by atoms with van der Waals surface area (Å²) in [4.78, 5) is 8.81. The maximum atomic E-state index is 8.06. The molecule has 0 saturated heterocycles. The summed E-state index contributed by atoms with van der Waals surface area (Å²) in [6.07, 6.45) is 0. The van der Waals surface area contributed by atoms with E-state index >= 15 is 0 Å². The number of fused-ring (bicyclic) bond motifs is 7. The summed E-state index contributed by atoms with van der Waals surface area (Å²) >= 11 is 0. The lowest BCUT2D eigenvalue weighted by Gasteiger charge is -2.44. The minimum Gasteiger partial charge on any atom is -0.319 e. The Morgan fingerprint density at radius 3 is 1.79 bits per heavy atom. The fraction of sp³-hybridized carbons (Fsp3) is 0. The van der Waals surface area contributed by atoms with Crippen LogP contribution < -0.4 is 26.2 Å². The molecule has 48 heavy (non-hydrogen) atoms. The predicted molar refractivity (Wildman–Crippen MR) is 201 cm³/mol. The van der Waals surface area contributed by atoms with Crippen LogP contribution in [-0.4, -0.2) is 11.3 Å². The first-order valence-electron chi connectivity index (χ1n) is 16.3. The van der Waals surface area contributed by atoms with Gasteiger partial charge in [-0.3, -0.25) is 0 Å². The SMILES string of the molecule is [C-]#[N+]c1cccc2c3ccccc3n(-c3ccc4c(c3)N(c3ccccc3)c3cccc5c3B4c3ccccc3N5c3ccccc3)c12. The van der Waals surface area contributed by atoms with E-state index in [9.17, 15) is 0 Å². The molecule has 5 heteroatoms. The van der Waals surface area contributed by atoms with E-state index in [0.717, 1.165) is 44.6 Å². The highest BCUT2D eigenvalue weighted by Crippen LogP contribution is 2.45. The van der Waals surface area contributed by atoms with Crippen molar-refractivity contribution in [2.24, 2.45) is 0 Å². The molecule has 3 heterocycles. The first kappa shape index (κ1) is 26.7. The number of nitrogens with zero attached hydrogens (tertiary/aromatic N) is 4. The quantitative estimate of drug-likeness (QED) is 0.146. The lowest BCUT2D eigenvalue weighted by atomic mass is 9.33. The van der Waals surface area contributed by atoms with Gasteiger partial charge >= 0.3 is 0 Å². The highest BCUT2D eigenvalue weighted by Gasteiger charge is 2.43. The largest absolute Gasteiger partial charge is 0.319 e. The van der Waals surface area contributed by atoms with Crippen LogP contribution >= 0.6 is 0 Å². The van der Waals surface area contributed by atoms with Crippen molar-refractivity contribution >= 4 is 84.7 Å². The third-order valence-corrected chi connectivity index (χ3v) is 9.97. The van der Waals surface area contributed by atoms with Gasteiger partial charge < -0.3 is 14.4 Å².